The van der Waals surface area contributed by atoms with E-state index in [-0.39, 0.29) is 5.41 Å². The molecule has 0 aliphatic carbocycles. The maximum Gasteiger partial charge on any atom is 0.0593 e. The molecule has 1 aliphatic rings. The van der Waals surface area contributed by atoms with Crippen LogP contribution in [0.2, 0.25) is 0 Å². The van der Waals surface area contributed by atoms with Crippen LogP contribution in [0.5, 0.6) is 0 Å². The minimum atomic E-state index is 0.264. The van der Waals surface area contributed by atoms with Gasteiger partial charge in [0.15, 0.2) is 0 Å². The first-order valence-corrected chi connectivity index (χ1v) is 6.84. The van der Waals surface area contributed by atoms with Crippen LogP contribution < -0.4 is 5.73 Å². The van der Waals surface area contributed by atoms with E-state index in [1.54, 1.807) is 0 Å². The van der Waals surface area contributed by atoms with E-state index in [2.05, 4.69) is 11.8 Å². The molecule has 1 heterocycles. The number of ether oxygens (including phenoxy) is 2. The second-order valence-corrected chi connectivity index (χ2v) is 4.88. The average Bonchev–Trinajstić information content (AvgIpc) is 2.39. The van der Waals surface area contributed by atoms with Gasteiger partial charge in [0.25, 0.3) is 0 Å². The van der Waals surface area contributed by atoms with Crippen molar-refractivity contribution in [2.24, 2.45) is 11.1 Å². The van der Waals surface area contributed by atoms with Gasteiger partial charge in [0.05, 0.1) is 6.61 Å². The van der Waals surface area contributed by atoms with Gasteiger partial charge in [0.1, 0.15) is 0 Å². The molecule has 1 rings (SSSR count). The van der Waals surface area contributed by atoms with Crippen LogP contribution in [-0.2, 0) is 9.47 Å². The van der Waals surface area contributed by atoms with Crippen LogP contribution in [0.3, 0.4) is 0 Å². The molecular weight excluding hydrogens is 216 g/mol. The molecule has 0 aromatic rings. The highest BCUT2D eigenvalue weighted by Crippen LogP contribution is 2.30. The van der Waals surface area contributed by atoms with E-state index < -0.39 is 0 Å². The summed E-state index contributed by atoms with van der Waals surface area (Å²) in [6.45, 7) is 11.5. The first-order chi connectivity index (χ1) is 8.26. The van der Waals surface area contributed by atoms with Crippen molar-refractivity contribution in [3.05, 3.63) is 0 Å². The van der Waals surface area contributed by atoms with Gasteiger partial charge in [-0.2, -0.15) is 0 Å². The molecule has 102 valence electrons. The summed E-state index contributed by atoms with van der Waals surface area (Å²) in [4.78, 5) is 2.45. The van der Waals surface area contributed by atoms with Crippen molar-refractivity contribution in [1.82, 2.24) is 4.90 Å². The summed E-state index contributed by atoms with van der Waals surface area (Å²) < 4.78 is 10.9. The summed E-state index contributed by atoms with van der Waals surface area (Å²) in [5.41, 5.74) is 6.25. The average molecular weight is 244 g/mol. The Morgan fingerprint density at radius 1 is 1.29 bits per heavy atom. The van der Waals surface area contributed by atoms with Gasteiger partial charge >= 0.3 is 0 Å². The number of likely N-dealkylation sites (N-methyl/N-ethyl adjacent to an activating group) is 1. The molecule has 1 saturated heterocycles. The van der Waals surface area contributed by atoms with Crippen molar-refractivity contribution in [2.45, 2.75) is 26.7 Å². The topological polar surface area (TPSA) is 47.7 Å². The largest absolute Gasteiger partial charge is 0.381 e. The number of hydrogen-bond acceptors (Lipinski definition) is 4. The Balaban J connectivity index is 2.40. The fourth-order valence-electron chi connectivity index (χ4n) is 2.39. The molecule has 0 radical (unpaired) electrons. The van der Waals surface area contributed by atoms with E-state index in [0.29, 0.717) is 0 Å². The molecule has 4 nitrogen and oxygen atoms in total. The van der Waals surface area contributed by atoms with E-state index in [0.717, 1.165) is 65.4 Å². The van der Waals surface area contributed by atoms with Crippen molar-refractivity contribution in [1.29, 1.82) is 0 Å². The summed E-state index contributed by atoms with van der Waals surface area (Å²) in [5.74, 6) is 0. The van der Waals surface area contributed by atoms with Gasteiger partial charge in [-0.1, -0.05) is 6.92 Å². The molecule has 0 spiro atoms. The Labute approximate surface area is 105 Å². The number of nitrogens with zero attached hydrogens (tertiary/aromatic N) is 1. The smallest absolute Gasteiger partial charge is 0.0593 e. The predicted octanol–water partition coefficient (Wildman–Crippen LogP) is 1.10. The third-order valence-corrected chi connectivity index (χ3v) is 3.75. The van der Waals surface area contributed by atoms with Crippen LogP contribution in [-0.4, -0.2) is 57.5 Å². The molecule has 2 N–H and O–H groups in total. The summed E-state index contributed by atoms with van der Waals surface area (Å²) in [6.07, 6.45) is 2.18. The first-order valence-electron chi connectivity index (χ1n) is 6.84. The minimum Gasteiger partial charge on any atom is -0.381 e. The van der Waals surface area contributed by atoms with Crippen LogP contribution in [0.25, 0.3) is 0 Å². The molecule has 17 heavy (non-hydrogen) atoms. The van der Waals surface area contributed by atoms with E-state index in [1.165, 1.54) is 0 Å². The fourth-order valence-corrected chi connectivity index (χ4v) is 2.39. The summed E-state index contributed by atoms with van der Waals surface area (Å²) >= 11 is 0. The zero-order valence-electron chi connectivity index (χ0n) is 11.4. The predicted molar refractivity (Wildman–Crippen MR) is 70.1 cm³/mol. The Morgan fingerprint density at radius 2 is 2.00 bits per heavy atom. The standard InChI is InChI=1S/C13H28N2O2/c1-3-15(7-10-16-4-2)12-13(11-14)5-8-17-9-6-13/h3-12,14H2,1-2H3. The Bertz CT molecular complexity index is 194. The summed E-state index contributed by atoms with van der Waals surface area (Å²) in [6, 6.07) is 0. The molecular formula is C13H28N2O2. The molecule has 0 atom stereocenters. The van der Waals surface area contributed by atoms with E-state index in [4.69, 9.17) is 15.2 Å². The monoisotopic (exact) mass is 244 g/mol. The van der Waals surface area contributed by atoms with Crippen LogP contribution in [0.1, 0.15) is 26.7 Å². The van der Waals surface area contributed by atoms with Crippen LogP contribution >= 0.6 is 0 Å². The summed E-state index contributed by atoms with van der Waals surface area (Å²) in [7, 11) is 0. The molecule has 0 bridgehead atoms. The van der Waals surface area contributed by atoms with Crippen LogP contribution in [0.4, 0.5) is 0 Å². The first kappa shape index (κ1) is 14.9. The highest BCUT2D eigenvalue weighted by atomic mass is 16.5. The molecule has 0 saturated carbocycles. The van der Waals surface area contributed by atoms with Gasteiger partial charge < -0.3 is 20.1 Å². The number of rotatable bonds is 8. The van der Waals surface area contributed by atoms with E-state index in [9.17, 15) is 0 Å². The van der Waals surface area contributed by atoms with Crippen molar-refractivity contribution >= 4 is 0 Å². The van der Waals surface area contributed by atoms with Gasteiger partial charge in [-0.25, -0.2) is 0 Å². The zero-order valence-corrected chi connectivity index (χ0v) is 11.4. The molecule has 0 aromatic carbocycles. The SMILES string of the molecule is CCOCCN(CC)CC1(CN)CCOCC1. The molecule has 0 aromatic heterocycles. The summed E-state index contributed by atoms with van der Waals surface area (Å²) in [5, 5.41) is 0. The van der Waals surface area contributed by atoms with Gasteiger partial charge in [0.2, 0.25) is 0 Å². The van der Waals surface area contributed by atoms with Crippen LogP contribution in [0, 0.1) is 5.41 Å². The van der Waals surface area contributed by atoms with Crippen LogP contribution in [0.15, 0.2) is 0 Å². The van der Waals surface area contributed by atoms with E-state index in [1.807, 2.05) is 6.92 Å². The quantitative estimate of drug-likeness (QED) is 0.650. The van der Waals surface area contributed by atoms with E-state index >= 15 is 0 Å². The van der Waals surface area contributed by atoms with Gasteiger partial charge in [-0.15, -0.1) is 0 Å². The maximum absolute atomic E-state index is 5.98. The van der Waals surface area contributed by atoms with Crippen molar-refractivity contribution in [3.8, 4) is 0 Å². The normalized spacial score (nSPS) is 19.8. The second-order valence-electron chi connectivity index (χ2n) is 4.88. The Kier molecular flexibility index (Phi) is 7.04. The minimum absolute atomic E-state index is 0.264. The van der Waals surface area contributed by atoms with Gasteiger partial charge in [-0.05, 0) is 38.3 Å². The Morgan fingerprint density at radius 3 is 2.53 bits per heavy atom. The van der Waals surface area contributed by atoms with Crippen molar-refractivity contribution in [3.63, 3.8) is 0 Å². The number of nitrogens with two attached hydrogens (primary N) is 1. The highest BCUT2D eigenvalue weighted by Gasteiger charge is 2.32. The lowest BCUT2D eigenvalue weighted by molar-refractivity contribution is -0.00376. The lowest BCUT2D eigenvalue weighted by Crippen LogP contribution is -2.46. The number of hydrogen-bond donors (Lipinski definition) is 1. The third kappa shape index (κ3) is 4.92. The van der Waals surface area contributed by atoms with Crippen molar-refractivity contribution in [2.75, 3.05) is 52.6 Å². The molecule has 0 amide bonds. The lowest BCUT2D eigenvalue weighted by Gasteiger charge is -2.40. The lowest BCUT2D eigenvalue weighted by atomic mass is 9.79. The van der Waals surface area contributed by atoms with Gasteiger partial charge in [-0.3, -0.25) is 0 Å². The second kappa shape index (κ2) is 8.03. The molecule has 1 aliphatic heterocycles. The fraction of sp³-hybridized carbons (Fsp3) is 1.00. The van der Waals surface area contributed by atoms with Crippen molar-refractivity contribution < 1.29 is 9.47 Å². The Hall–Kier alpha value is -0.160. The maximum atomic E-state index is 5.98. The highest BCUT2D eigenvalue weighted by molar-refractivity contribution is 4.85. The third-order valence-electron chi connectivity index (χ3n) is 3.75. The molecule has 0 unspecified atom stereocenters. The van der Waals surface area contributed by atoms with Gasteiger partial charge in [0, 0.05) is 32.9 Å². The zero-order chi connectivity index (χ0) is 12.6. The molecule has 4 heteroatoms. The molecule has 1 fully saturated rings.